The Morgan fingerprint density at radius 3 is 1.31 bits per heavy atom. The number of rotatable bonds is 2. The van der Waals surface area contributed by atoms with Crippen molar-refractivity contribution in [1.82, 2.24) is 4.57 Å². The molecule has 16 rings (SSSR count). The van der Waals surface area contributed by atoms with E-state index in [2.05, 4.69) is 114 Å². The maximum Gasteiger partial charge on any atom is 0.247 e. The van der Waals surface area contributed by atoms with E-state index in [0.717, 1.165) is 35.5 Å². The van der Waals surface area contributed by atoms with Crippen LogP contribution in [0.15, 0.2) is 60.7 Å². The van der Waals surface area contributed by atoms with Gasteiger partial charge in [-0.2, -0.15) is 0 Å². The maximum atomic E-state index is 3.00. The predicted octanol–water partition coefficient (Wildman–Crippen LogP) is 9.76. The second kappa shape index (κ2) is 10.5. The number of hydrogen-bond donors (Lipinski definition) is 0. The third-order valence-corrected chi connectivity index (χ3v) is 21.5. The van der Waals surface area contributed by atoms with Crippen LogP contribution in [-0.4, -0.2) is 18.0 Å². The van der Waals surface area contributed by atoms with Crippen molar-refractivity contribution < 1.29 is 0 Å². The molecule has 10 aliphatic rings. The third kappa shape index (κ3) is 3.71. The summed E-state index contributed by atoms with van der Waals surface area (Å²) in [4.78, 5) is 0. The van der Waals surface area contributed by atoms with Crippen LogP contribution in [0, 0.1) is 62.2 Å². The molecule has 0 amide bonds. The lowest BCUT2D eigenvalue weighted by molar-refractivity contribution is 0.00321. The van der Waals surface area contributed by atoms with E-state index in [9.17, 15) is 0 Å². The molecule has 10 unspecified atom stereocenters. The summed E-state index contributed by atoms with van der Waals surface area (Å²) in [5.41, 5.74) is 30.5. The number of benzene rings is 5. The van der Waals surface area contributed by atoms with Crippen LogP contribution in [0.4, 0.5) is 0 Å². The van der Waals surface area contributed by atoms with Crippen LogP contribution >= 0.6 is 0 Å². The van der Waals surface area contributed by atoms with Crippen molar-refractivity contribution in [3.8, 4) is 5.69 Å². The van der Waals surface area contributed by atoms with Gasteiger partial charge in [-0.3, -0.25) is 0 Å². The van der Waals surface area contributed by atoms with E-state index < -0.39 is 0 Å². The summed E-state index contributed by atoms with van der Waals surface area (Å²) < 4.78 is 3.00. The number of aromatic nitrogens is 1. The van der Waals surface area contributed by atoms with Gasteiger partial charge in [0.2, 0.25) is 13.4 Å². The quantitative estimate of drug-likeness (QED) is 0.154. The minimum absolute atomic E-state index is 0.0151. The molecular weight excluding hydrogens is 732 g/mol. The Morgan fingerprint density at radius 1 is 0.508 bits per heavy atom. The average molecular weight is 792 g/mol. The topological polar surface area (TPSA) is 4.93 Å². The van der Waals surface area contributed by atoms with Crippen molar-refractivity contribution >= 4 is 68.0 Å². The van der Waals surface area contributed by atoms with Crippen LogP contribution in [0.1, 0.15) is 159 Å². The number of fused-ring (bicyclic) bond motifs is 13. The first-order chi connectivity index (χ1) is 29.4. The van der Waals surface area contributed by atoms with E-state index in [1.54, 1.807) is 71.4 Å². The highest BCUT2D eigenvalue weighted by atomic mass is 15.0. The van der Waals surface area contributed by atoms with Crippen LogP contribution < -0.4 is 32.8 Å². The van der Waals surface area contributed by atoms with Gasteiger partial charge >= 0.3 is 0 Å². The zero-order valence-electron chi connectivity index (χ0n) is 37.6. The second-order valence-corrected chi connectivity index (χ2v) is 24.7. The highest BCUT2D eigenvalue weighted by molar-refractivity contribution is 7.02. The molecule has 1 aromatic heterocycles. The summed E-state index contributed by atoms with van der Waals surface area (Å²) >= 11 is 0. The molecule has 6 fully saturated rings. The maximum absolute atomic E-state index is 3.00. The van der Waals surface area contributed by atoms with Gasteiger partial charge in [-0.1, -0.05) is 102 Å². The third-order valence-electron chi connectivity index (χ3n) is 21.5. The summed E-state index contributed by atoms with van der Waals surface area (Å²) in [6.45, 7) is 17.7. The molecule has 6 bridgehead atoms. The van der Waals surface area contributed by atoms with Crippen LogP contribution in [0.3, 0.4) is 0 Å². The molecule has 2 spiro atoms. The molecule has 8 aliphatic carbocycles. The molecule has 5 aromatic carbocycles. The number of aryl methyl sites for hydroxylation is 4. The fourth-order valence-electron chi connectivity index (χ4n) is 19.4. The van der Waals surface area contributed by atoms with Gasteiger partial charge in [0, 0.05) is 27.5 Å². The van der Waals surface area contributed by atoms with E-state index in [1.807, 2.05) is 11.1 Å². The van der Waals surface area contributed by atoms with Crippen LogP contribution in [-0.2, 0) is 5.41 Å². The van der Waals surface area contributed by atoms with E-state index in [4.69, 9.17) is 0 Å². The molecule has 0 saturated heterocycles. The molecule has 3 heteroatoms. The first-order valence-electron chi connectivity index (χ1n) is 25.0. The summed E-state index contributed by atoms with van der Waals surface area (Å²) in [7, 11) is 0. The van der Waals surface area contributed by atoms with Crippen LogP contribution in [0.5, 0.6) is 0 Å². The highest BCUT2D eigenvalue weighted by Gasteiger charge is 2.68. The fourth-order valence-corrected chi connectivity index (χ4v) is 19.4. The van der Waals surface area contributed by atoms with Gasteiger partial charge in [-0.05, 0) is 217 Å². The van der Waals surface area contributed by atoms with E-state index in [0.29, 0.717) is 22.7 Å². The van der Waals surface area contributed by atoms with Gasteiger partial charge in [0.1, 0.15) is 0 Å². The lowest BCUT2D eigenvalue weighted by Gasteiger charge is -2.48. The summed E-state index contributed by atoms with van der Waals surface area (Å²) in [6, 6.07) is 25.7. The highest BCUT2D eigenvalue weighted by Crippen LogP contribution is 2.77. The van der Waals surface area contributed by atoms with Gasteiger partial charge in [0.15, 0.2) is 0 Å². The zero-order valence-corrected chi connectivity index (χ0v) is 37.6. The molecule has 10 atom stereocenters. The van der Waals surface area contributed by atoms with Gasteiger partial charge in [0.25, 0.3) is 0 Å². The standard InChI is InChI=1S/C58H59B2N/c1-28-10-8-11-29(2)49(28)59-45-20-36(56(5,6)7)21-46-55(45)61-53-43(22-41-32-14-37-18-39-16-34(47(41)51(53)59)26-57(37,39)24-32)44-23-42-33-15-38-19-40-17-35(27-58(38,40)25-33)48(42)52(54(44)61)60(46)50-30(3)12-9-13-31(50)4/h8-13,20-23,32-35,37-40H,14-19,24-27H2,1-7H3. The van der Waals surface area contributed by atoms with E-state index in [-0.39, 0.29) is 18.8 Å². The van der Waals surface area contributed by atoms with Gasteiger partial charge < -0.3 is 4.57 Å². The lowest BCUT2D eigenvalue weighted by Crippen LogP contribution is -2.65. The van der Waals surface area contributed by atoms with Crippen LogP contribution in [0.2, 0.25) is 0 Å². The summed E-state index contributed by atoms with van der Waals surface area (Å²) in [6.07, 6.45) is 14.6. The largest absolute Gasteiger partial charge is 0.311 e. The van der Waals surface area contributed by atoms with Crippen molar-refractivity contribution in [2.24, 2.45) is 34.5 Å². The Hall–Kier alpha value is -3.97. The predicted molar refractivity (Wildman–Crippen MR) is 257 cm³/mol. The van der Waals surface area contributed by atoms with Crippen molar-refractivity contribution in [3.05, 3.63) is 111 Å². The molecule has 3 heterocycles. The Bertz CT molecular complexity index is 2880. The van der Waals surface area contributed by atoms with E-state index >= 15 is 0 Å². The Morgan fingerprint density at radius 2 is 0.902 bits per heavy atom. The normalized spacial score (nSPS) is 34.2. The minimum Gasteiger partial charge on any atom is -0.311 e. The van der Waals surface area contributed by atoms with Gasteiger partial charge in [0.05, 0.1) is 0 Å². The number of nitrogens with zero attached hydrogens (tertiary/aromatic N) is 1. The van der Waals surface area contributed by atoms with Crippen molar-refractivity contribution in [2.75, 3.05) is 0 Å². The molecule has 0 N–H and O–H groups in total. The lowest BCUT2D eigenvalue weighted by atomic mass is 9.29. The molecule has 2 aliphatic heterocycles. The summed E-state index contributed by atoms with van der Waals surface area (Å²) in [5.74, 6) is 6.68. The molecule has 61 heavy (non-hydrogen) atoms. The van der Waals surface area contributed by atoms with Crippen molar-refractivity contribution in [1.29, 1.82) is 0 Å². The van der Waals surface area contributed by atoms with Crippen molar-refractivity contribution in [2.45, 2.75) is 142 Å². The molecular formula is C58H59B2N. The Kier molecular flexibility index (Phi) is 5.95. The van der Waals surface area contributed by atoms with Gasteiger partial charge in [-0.25, -0.2) is 0 Å². The van der Waals surface area contributed by atoms with Crippen LogP contribution in [0.25, 0.3) is 27.5 Å². The molecule has 302 valence electrons. The SMILES string of the molecule is Cc1cccc(C)c1B1c2cc(C(C)(C)C)cc3c2-n2c4c1c1c(cc4c4cc5c(c(c42)B3c2c(C)cccc2C)C2CC3CC4CC5CC43C2)C2CC3CC4CC1CC34C2. The average Bonchev–Trinajstić information content (AvgIpc) is 3.93. The molecule has 6 saturated carbocycles. The molecule has 1 nitrogen and oxygen atoms in total. The van der Waals surface area contributed by atoms with E-state index in [1.165, 1.54) is 92.0 Å². The minimum atomic E-state index is 0.0151. The number of hydrogen-bond acceptors (Lipinski definition) is 0. The second-order valence-electron chi connectivity index (χ2n) is 24.7. The van der Waals surface area contributed by atoms with Gasteiger partial charge in [-0.15, -0.1) is 0 Å². The molecule has 6 aromatic rings. The smallest absolute Gasteiger partial charge is 0.247 e. The summed E-state index contributed by atoms with van der Waals surface area (Å²) in [5, 5.41) is 3.22. The zero-order chi connectivity index (χ0) is 40.5. The first-order valence-corrected chi connectivity index (χ1v) is 25.0. The Balaban J connectivity index is 1.15. The fraction of sp³-hybridized carbons (Fsp3) is 0.483. The Labute approximate surface area is 363 Å². The van der Waals surface area contributed by atoms with Crippen molar-refractivity contribution in [3.63, 3.8) is 0 Å². The first kappa shape index (κ1) is 34.5. The monoisotopic (exact) mass is 791 g/mol. The molecule has 0 radical (unpaired) electrons.